The fourth-order valence-corrected chi connectivity index (χ4v) is 2.03. The second-order valence-electron chi connectivity index (χ2n) is 4.51. The Morgan fingerprint density at radius 2 is 1.95 bits per heavy atom. The number of ether oxygens (including phenoxy) is 1. The van der Waals surface area contributed by atoms with Crippen molar-refractivity contribution in [2.45, 2.75) is 13.5 Å². The highest BCUT2D eigenvalue weighted by atomic mass is 35.5. The Morgan fingerprint density at radius 3 is 2.59 bits per heavy atom. The van der Waals surface area contributed by atoms with Gasteiger partial charge in [0.1, 0.15) is 12.3 Å². The predicted molar refractivity (Wildman–Crippen MR) is 83.1 cm³/mol. The van der Waals surface area contributed by atoms with Gasteiger partial charge >= 0.3 is 6.09 Å². The largest absolute Gasteiger partial charge is 0.444 e. The molecule has 114 valence electrons. The summed E-state index contributed by atoms with van der Waals surface area (Å²) < 4.78 is 5.03. The lowest BCUT2D eigenvalue weighted by atomic mass is 10.1. The summed E-state index contributed by atoms with van der Waals surface area (Å²) in [7, 11) is 0. The Balaban J connectivity index is 2.09. The van der Waals surface area contributed by atoms with Gasteiger partial charge in [-0.25, -0.2) is 4.79 Å². The Morgan fingerprint density at radius 1 is 1.27 bits per heavy atom. The third-order valence-corrected chi connectivity index (χ3v) is 3.41. The first-order chi connectivity index (χ1) is 10.5. The van der Waals surface area contributed by atoms with Crippen LogP contribution in [0.25, 0.3) is 0 Å². The van der Waals surface area contributed by atoms with Crippen molar-refractivity contribution in [3.63, 3.8) is 0 Å². The number of carbonyl (C=O) groups excluding carboxylic acids is 1. The molecule has 6 nitrogen and oxygen atoms in total. The Kier molecular flexibility index (Phi) is 4.95. The molecule has 0 aliphatic heterocycles. The van der Waals surface area contributed by atoms with E-state index in [2.05, 4.69) is 5.32 Å². The number of halogens is 1. The quantitative estimate of drug-likeness (QED) is 0.672. The summed E-state index contributed by atoms with van der Waals surface area (Å²) in [5.41, 5.74) is 0.904. The van der Waals surface area contributed by atoms with Crippen molar-refractivity contribution >= 4 is 29.1 Å². The number of amides is 1. The number of nitrogens with zero attached hydrogens (tertiary/aromatic N) is 1. The van der Waals surface area contributed by atoms with Gasteiger partial charge in [-0.1, -0.05) is 41.9 Å². The highest BCUT2D eigenvalue weighted by Crippen LogP contribution is 2.33. The van der Waals surface area contributed by atoms with Crippen molar-refractivity contribution in [3.05, 3.63) is 68.7 Å². The van der Waals surface area contributed by atoms with E-state index < -0.39 is 11.0 Å². The lowest BCUT2D eigenvalue weighted by Gasteiger charge is -2.09. The Hall–Kier alpha value is -2.60. The van der Waals surface area contributed by atoms with Crippen LogP contribution in [0.1, 0.15) is 11.1 Å². The van der Waals surface area contributed by atoms with Crippen molar-refractivity contribution in [1.29, 1.82) is 0 Å². The molecule has 2 aromatic carbocycles. The van der Waals surface area contributed by atoms with Crippen LogP contribution in [-0.4, -0.2) is 11.0 Å². The summed E-state index contributed by atoms with van der Waals surface area (Å²) in [5, 5.41) is 13.7. The van der Waals surface area contributed by atoms with E-state index in [1.807, 2.05) is 30.3 Å². The van der Waals surface area contributed by atoms with E-state index in [-0.39, 0.29) is 28.6 Å². The molecule has 0 saturated heterocycles. The minimum Gasteiger partial charge on any atom is -0.444 e. The molecular formula is C15H13ClN2O4. The number of nitrogens with one attached hydrogen (secondary N) is 1. The number of nitro benzene ring substituents is 1. The van der Waals surface area contributed by atoms with Crippen molar-refractivity contribution < 1.29 is 14.5 Å². The molecule has 2 aromatic rings. The summed E-state index contributed by atoms with van der Waals surface area (Å²) in [5.74, 6) is 0. The van der Waals surface area contributed by atoms with Crippen LogP contribution in [0.3, 0.4) is 0 Å². The molecule has 0 spiro atoms. The molecule has 0 saturated carbocycles. The molecule has 7 heteroatoms. The third kappa shape index (κ3) is 3.73. The van der Waals surface area contributed by atoms with Gasteiger partial charge in [0.25, 0.3) is 5.69 Å². The normalized spacial score (nSPS) is 10.1. The molecular weight excluding hydrogens is 308 g/mol. The number of benzene rings is 2. The SMILES string of the molecule is Cc1c(Cl)ccc(NC(=O)OCc2ccccc2)c1[N+](=O)[O-]. The van der Waals surface area contributed by atoms with Crippen LogP contribution in [-0.2, 0) is 11.3 Å². The number of hydrogen-bond acceptors (Lipinski definition) is 4. The molecule has 0 heterocycles. The van der Waals surface area contributed by atoms with Crippen LogP contribution >= 0.6 is 11.6 Å². The number of anilines is 1. The molecule has 0 atom stereocenters. The van der Waals surface area contributed by atoms with Gasteiger partial charge in [0.2, 0.25) is 0 Å². The average Bonchev–Trinajstić information content (AvgIpc) is 2.50. The summed E-state index contributed by atoms with van der Waals surface area (Å²) in [6.45, 7) is 1.59. The van der Waals surface area contributed by atoms with E-state index in [1.54, 1.807) is 0 Å². The zero-order valence-electron chi connectivity index (χ0n) is 11.7. The second kappa shape index (κ2) is 6.91. The first kappa shape index (κ1) is 15.8. The molecule has 0 unspecified atom stereocenters. The topological polar surface area (TPSA) is 81.5 Å². The zero-order valence-corrected chi connectivity index (χ0v) is 12.5. The summed E-state index contributed by atoms with van der Waals surface area (Å²) >= 11 is 5.86. The highest BCUT2D eigenvalue weighted by molar-refractivity contribution is 6.31. The zero-order chi connectivity index (χ0) is 16.1. The van der Waals surface area contributed by atoms with Gasteiger partial charge in [-0.05, 0) is 24.6 Å². The monoisotopic (exact) mass is 320 g/mol. The smallest absolute Gasteiger partial charge is 0.412 e. The van der Waals surface area contributed by atoms with Crippen molar-refractivity contribution in [2.75, 3.05) is 5.32 Å². The van der Waals surface area contributed by atoms with E-state index in [9.17, 15) is 14.9 Å². The van der Waals surface area contributed by atoms with Gasteiger partial charge < -0.3 is 4.74 Å². The molecule has 0 bridgehead atoms. The van der Waals surface area contributed by atoms with Crippen LogP contribution in [0.15, 0.2) is 42.5 Å². The highest BCUT2D eigenvalue weighted by Gasteiger charge is 2.21. The fourth-order valence-electron chi connectivity index (χ4n) is 1.88. The van der Waals surface area contributed by atoms with E-state index in [0.717, 1.165) is 5.56 Å². The number of nitro groups is 1. The average molecular weight is 321 g/mol. The molecule has 2 rings (SSSR count). The van der Waals surface area contributed by atoms with E-state index >= 15 is 0 Å². The van der Waals surface area contributed by atoms with Crippen molar-refractivity contribution in [3.8, 4) is 0 Å². The minimum atomic E-state index is -0.770. The van der Waals surface area contributed by atoms with E-state index in [0.29, 0.717) is 0 Å². The van der Waals surface area contributed by atoms with Gasteiger partial charge in [-0.2, -0.15) is 0 Å². The molecule has 1 N–H and O–H groups in total. The first-order valence-electron chi connectivity index (χ1n) is 6.40. The predicted octanol–water partition coefficient (Wildman–Crippen LogP) is 4.31. The van der Waals surface area contributed by atoms with Gasteiger partial charge in [0.15, 0.2) is 0 Å². The molecule has 0 radical (unpaired) electrons. The molecule has 0 aliphatic rings. The van der Waals surface area contributed by atoms with Crippen LogP contribution in [0.4, 0.5) is 16.2 Å². The van der Waals surface area contributed by atoms with Crippen molar-refractivity contribution in [1.82, 2.24) is 0 Å². The van der Waals surface area contributed by atoms with Gasteiger partial charge in [-0.3, -0.25) is 15.4 Å². The number of rotatable bonds is 4. The maximum Gasteiger partial charge on any atom is 0.412 e. The van der Waals surface area contributed by atoms with Crippen LogP contribution in [0.5, 0.6) is 0 Å². The maximum absolute atomic E-state index is 11.8. The van der Waals surface area contributed by atoms with E-state index in [4.69, 9.17) is 16.3 Å². The lowest BCUT2D eigenvalue weighted by Crippen LogP contribution is -2.15. The standard InChI is InChI=1S/C15H13ClN2O4/c1-10-12(16)7-8-13(14(10)18(20)21)17-15(19)22-9-11-5-3-2-4-6-11/h2-8H,9H2,1H3,(H,17,19). The number of carbonyl (C=O) groups is 1. The fraction of sp³-hybridized carbons (Fsp3) is 0.133. The summed E-state index contributed by atoms with van der Waals surface area (Å²) in [4.78, 5) is 22.3. The lowest BCUT2D eigenvalue weighted by molar-refractivity contribution is -0.384. The maximum atomic E-state index is 11.8. The Bertz CT molecular complexity index is 704. The third-order valence-electron chi connectivity index (χ3n) is 3.00. The molecule has 0 aliphatic carbocycles. The second-order valence-corrected chi connectivity index (χ2v) is 4.92. The van der Waals surface area contributed by atoms with Gasteiger partial charge in [0.05, 0.1) is 9.95 Å². The molecule has 1 amide bonds. The van der Waals surface area contributed by atoms with Crippen molar-refractivity contribution in [2.24, 2.45) is 0 Å². The van der Waals surface area contributed by atoms with Crippen LogP contribution in [0, 0.1) is 17.0 Å². The number of hydrogen-bond donors (Lipinski definition) is 1. The van der Waals surface area contributed by atoms with Crippen LogP contribution < -0.4 is 5.32 Å². The molecule has 22 heavy (non-hydrogen) atoms. The first-order valence-corrected chi connectivity index (χ1v) is 6.78. The minimum absolute atomic E-state index is 0.0463. The van der Waals surface area contributed by atoms with E-state index in [1.165, 1.54) is 19.1 Å². The van der Waals surface area contributed by atoms with Gasteiger partial charge in [-0.15, -0.1) is 0 Å². The summed E-state index contributed by atoms with van der Waals surface area (Å²) in [6.07, 6.45) is -0.770. The molecule has 0 fully saturated rings. The Labute approximate surface area is 131 Å². The summed E-state index contributed by atoms with van der Waals surface area (Å²) in [6, 6.07) is 12.0. The van der Waals surface area contributed by atoms with Crippen LogP contribution in [0.2, 0.25) is 5.02 Å². The molecule has 0 aromatic heterocycles. The van der Waals surface area contributed by atoms with Gasteiger partial charge in [0, 0.05) is 5.56 Å².